The van der Waals surface area contributed by atoms with Crippen molar-refractivity contribution >= 4 is 21.6 Å². The fourth-order valence-electron chi connectivity index (χ4n) is 1.04. The van der Waals surface area contributed by atoms with E-state index in [1.165, 1.54) is 0 Å². The first-order valence-electron chi connectivity index (χ1n) is 4.32. The number of benzene rings is 1. The van der Waals surface area contributed by atoms with Gasteiger partial charge in [-0.15, -0.1) is 0 Å². The Morgan fingerprint density at radius 1 is 1.38 bits per heavy atom. The maximum atomic E-state index is 4.96. The Hall–Kier alpha value is -0.540. The summed E-state index contributed by atoms with van der Waals surface area (Å²) in [5.41, 5.74) is 1.14. The molecule has 1 aromatic carbocycles. The van der Waals surface area contributed by atoms with Crippen LogP contribution in [0.5, 0.6) is 0 Å². The summed E-state index contributed by atoms with van der Waals surface area (Å²) in [5.74, 6) is 0. The number of halogens is 1. The molecule has 0 aliphatic rings. The van der Waals surface area contributed by atoms with Gasteiger partial charge in [0.15, 0.2) is 0 Å². The van der Waals surface area contributed by atoms with Gasteiger partial charge in [0.05, 0.1) is 0 Å². The lowest BCUT2D eigenvalue weighted by atomic mass is 10.3. The number of anilines is 1. The number of para-hydroxylation sites is 1. The van der Waals surface area contributed by atoms with Gasteiger partial charge in [0.25, 0.3) is 0 Å². The first-order chi connectivity index (χ1) is 6.34. The predicted molar refractivity (Wildman–Crippen MR) is 59.1 cm³/mol. The van der Waals surface area contributed by atoms with Gasteiger partial charge in [0.2, 0.25) is 0 Å². The Labute approximate surface area is 87.4 Å². The second-order valence-corrected chi connectivity index (χ2v) is 3.61. The lowest BCUT2D eigenvalue weighted by Crippen LogP contribution is -2.04. The topological polar surface area (TPSA) is 21.3 Å². The van der Waals surface area contributed by atoms with Gasteiger partial charge in [-0.25, -0.2) is 0 Å². The molecule has 3 heteroatoms. The van der Waals surface area contributed by atoms with Crippen molar-refractivity contribution in [2.24, 2.45) is 0 Å². The van der Waals surface area contributed by atoms with Gasteiger partial charge < -0.3 is 10.1 Å². The monoisotopic (exact) mass is 243 g/mol. The Balaban J connectivity index is 2.32. The number of hydrogen-bond acceptors (Lipinski definition) is 2. The summed E-state index contributed by atoms with van der Waals surface area (Å²) < 4.78 is 6.06. The molecule has 0 heterocycles. The number of rotatable bonds is 5. The van der Waals surface area contributed by atoms with Crippen LogP contribution in [-0.4, -0.2) is 20.3 Å². The Morgan fingerprint density at radius 2 is 2.15 bits per heavy atom. The van der Waals surface area contributed by atoms with Gasteiger partial charge in [0.1, 0.15) is 0 Å². The van der Waals surface area contributed by atoms with Crippen LogP contribution in [0.1, 0.15) is 6.42 Å². The second-order valence-electron chi connectivity index (χ2n) is 2.75. The molecule has 72 valence electrons. The minimum absolute atomic E-state index is 0.803. The van der Waals surface area contributed by atoms with Crippen LogP contribution in [0.2, 0.25) is 0 Å². The Kier molecular flexibility index (Phi) is 4.86. The lowest BCUT2D eigenvalue weighted by Gasteiger charge is -2.07. The van der Waals surface area contributed by atoms with Crippen LogP contribution in [-0.2, 0) is 4.74 Å². The molecule has 0 fully saturated rings. The minimum Gasteiger partial charge on any atom is -0.385 e. The van der Waals surface area contributed by atoms with E-state index in [1.54, 1.807) is 7.11 Å². The number of hydrogen-bond donors (Lipinski definition) is 1. The highest BCUT2D eigenvalue weighted by Crippen LogP contribution is 2.20. The summed E-state index contributed by atoms with van der Waals surface area (Å²) >= 11 is 3.47. The van der Waals surface area contributed by atoms with E-state index in [4.69, 9.17) is 4.74 Å². The van der Waals surface area contributed by atoms with Gasteiger partial charge in [-0.1, -0.05) is 12.1 Å². The van der Waals surface area contributed by atoms with Crippen molar-refractivity contribution in [1.82, 2.24) is 0 Å². The highest BCUT2D eigenvalue weighted by molar-refractivity contribution is 9.10. The maximum Gasteiger partial charge on any atom is 0.0484 e. The largest absolute Gasteiger partial charge is 0.385 e. The van der Waals surface area contributed by atoms with E-state index in [1.807, 2.05) is 18.2 Å². The molecule has 0 saturated carbocycles. The van der Waals surface area contributed by atoms with Crippen molar-refractivity contribution in [1.29, 1.82) is 0 Å². The first-order valence-corrected chi connectivity index (χ1v) is 5.11. The fourth-order valence-corrected chi connectivity index (χ4v) is 1.47. The van der Waals surface area contributed by atoms with E-state index in [0.717, 1.165) is 29.7 Å². The molecular weight excluding hydrogens is 230 g/mol. The third kappa shape index (κ3) is 3.79. The molecular formula is C10H14BrNO. The van der Waals surface area contributed by atoms with E-state index >= 15 is 0 Å². The molecule has 2 nitrogen and oxygen atoms in total. The van der Waals surface area contributed by atoms with Crippen LogP contribution in [0.25, 0.3) is 0 Å². The summed E-state index contributed by atoms with van der Waals surface area (Å²) in [5, 5.41) is 3.32. The molecule has 0 saturated heterocycles. The molecule has 0 aliphatic carbocycles. The Morgan fingerprint density at radius 3 is 2.85 bits per heavy atom. The standard InChI is InChI=1S/C10H14BrNO/c1-13-8-4-7-12-10-6-3-2-5-9(10)11/h2-3,5-6,12H,4,7-8H2,1H3. The number of ether oxygens (including phenoxy) is 1. The van der Waals surface area contributed by atoms with E-state index < -0.39 is 0 Å². The summed E-state index contributed by atoms with van der Waals surface area (Å²) in [4.78, 5) is 0. The Bertz CT molecular complexity index is 252. The average Bonchev–Trinajstić information content (AvgIpc) is 2.15. The molecule has 0 aromatic heterocycles. The van der Waals surface area contributed by atoms with E-state index in [0.29, 0.717) is 0 Å². The molecule has 13 heavy (non-hydrogen) atoms. The molecule has 0 aliphatic heterocycles. The third-order valence-corrected chi connectivity index (χ3v) is 2.41. The average molecular weight is 244 g/mol. The molecule has 0 spiro atoms. The first kappa shape index (κ1) is 10.5. The van der Waals surface area contributed by atoms with Gasteiger partial charge in [0, 0.05) is 30.4 Å². The lowest BCUT2D eigenvalue weighted by molar-refractivity contribution is 0.198. The maximum absolute atomic E-state index is 4.96. The predicted octanol–water partition coefficient (Wildman–Crippen LogP) is 2.90. The molecule has 0 amide bonds. The number of methoxy groups -OCH3 is 1. The van der Waals surface area contributed by atoms with E-state index in [9.17, 15) is 0 Å². The second kappa shape index (κ2) is 6.00. The zero-order chi connectivity index (χ0) is 9.52. The van der Waals surface area contributed by atoms with Gasteiger partial charge in [-0.3, -0.25) is 0 Å². The highest BCUT2D eigenvalue weighted by Gasteiger charge is 1.95. The quantitative estimate of drug-likeness (QED) is 0.804. The zero-order valence-electron chi connectivity index (χ0n) is 7.72. The smallest absolute Gasteiger partial charge is 0.0484 e. The molecule has 0 bridgehead atoms. The SMILES string of the molecule is COCCCNc1ccccc1Br. The van der Waals surface area contributed by atoms with Crippen LogP contribution < -0.4 is 5.32 Å². The van der Waals surface area contributed by atoms with Crippen molar-refractivity contribution in [2.75, 3.05) is 25.6 Å². The molecule has 1 rings (SSSR count). The van der Waals surface area contributed by atoms with Gasteiger partial charge in [-0.05, 0) is 34.5 Å². The molecule has 1 aromatic rings. The van der Waals surface area contributed by atoms with Crippen molar-refractivity contribution in [3.63, 3.8) is 0 Å². The van der Waals surface area contributed by atoms with Gasteiger partial charge >= 0.3 is 0 Å². The number of nitrogens with one attached hydrogen (secondary N) is 1. The van der Waals surface area contributed by atoms with Crippen LogP contribution in [0.3, 0.4) is 0 Å². The van der Waals surface area contributed by atoms with Crippen LogP contribution in [0.15, 0.2) is 28.7 Å². The molecule has 0 atom stereocenters. The van der Waals surface area contributed by atoms with Crippen molar-refractivity contribution in [3.8, 4) is 0 Å². The highest BCUT2D eigenvalue weighted by atomic mass is 79.9. The zero-order valence-corrected chi connectivity index (χ0v) is 9.30. The third-order valence-electron chi connectivity index (χ3n) is 1.71. The summed E-state index contributed by atoms with van der Waals surface area (Å²) in [7, 11) is 1.72. The van der Waals surface area contributed by atoms with Crippen LogP contribution in [0.4, 0.5) is 5.69 Å². The van der Waals surface area contributed by atoms with Crippen molar-refractivity contribution in [2.45, 2.75) is 6.42 Å². The van der Waals surface area contributed by atoms with E-state index in [-0.39, 0.29) is 0 Å². The van der Waals surface area contributed by atoms with Gasteiger partial charge in [-0.2, -0.15) is 0 Å². The summed E-state index contributed by atoms with van der Waals surface area (Å²) in [6.07, 6.45) is 1.03. The minimum atomic E-state index is 0.803. The van der Waals surface area contributed by atoms with Crippen molar-refractivity contribution in [3.05, 3.63) is 28.7 Å². The van der Waals surface area contributed by atoms with Crippen molar-refractivity contribution < 1.29 is 4.74 Å². The molecule has 0 unspecified atom stereocenters. The summed E-state index contributed by atoms with van der Waals surface area (Å²) in [6, 6.07) is 8.10. The van der Waals surface area contributed by atoms with E-state index in [2.05, 4.69) is 27.3 Å². The molecule has 0 radical (unpaired) electrons. The summed E-state index contributed by atoms with van der Waals surface area (Å²) in [6.45, 7) is 1.74. The van der Waals surface area contributed by atoms with Crippen LogP contribution >= 0.6 is 15.9 Å². The van der Waals surface area contributed by atoms with Crippen LogP contribution in [0, 0.1) is 0 Å². The normalized spacial score (nSPS) is 10.0. The fraction of sp³-hybridized carbons (Fsp3) is 0.400. The molecule has 1 N–H and O–H groups in total.